The van der Waals surface area contributed by atoms with Gasteiger partial charge in [-0.1, -0.05) is 11.6 Å². The van der Waals surface area contributed by atoms with Crippen LogP contribution in [0.3, 0.4) is 0 Å². The minimum Gasteiger partial charge on any atom is -0.466 e. The molecule has 0 radical (unpaired) electrons. The van der Waals surface area contributed by atoms with E-state index in [0.717, 1.165) is 17.1 Å². The molecule has 3 aromatic rings. The van der Waals surface area contributed by atoms with Crippen molar-refractivity contribution < 1.29 is 13.9 Å². The number of hydrogen-bond acceptors (Lipinski definition) is 7. The Balaban J connectivity index is 1.59. The number of nitrogens with zero attached hydrogens (tertiary/aromatic N) is 6. The highest BCUT2D eigenvalue weighted by molar-refractivity contribution is 6.30. The molecule has 0 bridgehead atoms. The van der Waals surface area contributed by atoms with Crippen LogP contribution in [0.2, 0.25) is 5.02 Å². The van der Waals surface area contributed by atoms with E-state index in [-0.39, 0.29) is 18.2 Å². The molecule has 1 aliphatic heterocycles. The summed E-state index contributed by atoms with van der Waals surface area (Å²) in [5.41, 5.74) is 2.30. The van der Waals surface area contributed by atoms with Crippen molar-refractivity contribution in [3.63, 3.8) is 0 Å². The van der Waals surface area contributed by atoms with Crippen LogP contribution < -0.4 is 9.80 Å². The largest absolute Gasteiger partial charge is 0.466 e. The molecule has 164 valence electrons. The maximum Gasteiger partial charge on any atom is 0.306 e. The molecule has 1 fully saturated rings. The van der Waals surface area contributed by atoms with Crippen molar-refractivity contribution in [3.8, 4) is 0 Å². The first-order valence-electron chi connectivity index (χ1n) is 10.3. The fourth-order valence-electron chi connectivity index (χ4n) is 3.94. The van der Waals surface area contributed by atoms with E-state index < -0.39 is 0 Å². The van der Waals surface area contributed by atoms with Crippen molar-refractivity contribution in [3.05, 3.63) is 46.6 Å². The van der Waals surface area contributed by atoms with E-state index >= 15 is 0 Å². The van der Waals surface area contributed by atoms with E-state index in [1.807, 2.05) is 11.8 Å². The van der Waals surface area contributed by atoms with Crippen molar-refractivity contribution in [2.45, 2.75) is 26.7 Å². The molecule has 1 saturated heterocycles. The molecule has 8 nitrogen and oxygen atoms in total. The zero-order chi connectivity index (χ0) is 22.0. The van der Waals surface area contributed by atoms with Crippen molar-refractivity contribution in [2.24, 2.45) is 0 Å². The van der Waals surface area contributed by atoms with Crippen LogP contribution >= 0.6 is 11.6 Å². The van der Waals surface area contributed by atoms with Gasteiger partial charge in [0.15, 0.2) is 0 Å². The second kappa shape index (κ2) is 9.05. The molecule has 0 spiro atoms. The lowest BCUT2D eigenvalue weighted by molar-refractivity contribution is -0.143. The lowest BCUT2D eigenvalue weighted by Gasteiger charge is -2.38. The number of fused-ring (bicyclic) bond motifs is 1. The number of rotatable bonds is 6. The molecule has 0 N–H and O–H groups in total. The Morgan fingerprint density at radius 2 is 1.97 bits per heavy atom. The second-order valence-corrected chi connectivity index (χ2v) is 7.78. The molecule has 0 atom stereocenters. The van der Waals surface area contributed by atoms with E-state index in [1.165, 1.54) is 12.4 Å². The zero-order valence-electron chi connectivity index (χ0n) is 17.5. The van der Waals surface area contributed by atoms with Crippen LogP contribution in [0.1, 0.15) is 24.6 Å². The Morgan fingerprint density at radius 1 is 1.23 bits per heavy atom. The van der Waals surface area contributed by atoms with Gasteiger partial charge in [0.1, 0.15) is 18.0 Å². The van der Waals surface area contributed by atoms with E-state index in [0.29, 0.717) is 55.7 Å². The van der Waals surface area contributed by atoms with Gasteiger partial charge in [0, 0.05) is 48.9 Å². The highest BCUT2D eigenvalue weighted by atomic mass is 35.5. The predicted octanol–water partition coefficient (Wildman–Crippen LogP) is 3.05. The maximum atomic E-state index is 14.4. The SMILES string of the molecule is CCOC(=O)CCc1c(C)nc2ncnn2c1N1CCN(c2ccc(Cl)cc2F)CC1. The Labute approximate surface area is 184 Å². The molecule has 0 saturated carbocycles. The molecule has 10 heteroatoms. The summed E-state index contributed by atoms with van der Waals surface area (Å²) >= 11 is 5.89. The average molecular weight is 447 g/mol. The van der Waals surface area contributed by atoms with Crippen LogP contribution in [-0.4, -0.2) is 58.3 Å². The van der Waals surface area contributed by atoms with Gasteiger partial charge in [0.25, 0.3) is 5.78 Å². The zero-order valence-corrected chi connectivity index (χ0v) is 18.3. The van der Waals surface area contributed by atoms with Gasteiger partial charge >= 0.3 is 5.97 Å². The average Bonchev–Trinajstić information content (AvgIpc) is 3.20. The van der Waals surface area contributed by atoms with Crippen LogP contribution in [0, 0.1) is 12.7 Å². The monoisotopic (exact) mass is 446 g/mol. The molecule has 2 aromatic heterocycles. The first-order valence-corrected chi connectivity index (χ1v) is 10.7. The Bertz CT molecular complexity index is 1100. The molecule has 0 unspecified atom stereocenters. The first kappa shape index (κ1) is 21.3. The van der Waals surface area contributed by atoms with Gasteiger partial charge in [-0.05, 0) is 38.5 Å². The summed E-state index contributed by atoms with van der Waals surface area (Å²) in [4.78, 5) is 24.9. The van der Waals surface area contributed by atoms with Crippen LogP contribution in [0.25, 0.3) is 5.78 Å². The van der Waals surface area contributed by atoms with Gasteiger partial charge in [0.05, 0.1) is 12.3 Å². The van der Waals surface area contributed by atoms with Crippen molar-refractivity contribution in [1.29, 1.82) is 0 Å². The van der Waals surface area contributed by atoms with Crippen LogP contribution in [0.15, 0.2) is 24.5 Å². The van der Waals surface area contributed by atoms with Crippen LogP contribution in [-0.2, 0) is 16.0 Å². The summed E-state index contributed by atoms with van der Waals surface area (Å²) in [6, 6.07) is 4.75. The third-order valence-corrected chi connectivity index (χ3v) is 5.65. The standard InChI is InChI=1S/C21H24ClFN6O2/c1-3-31-19(30)7-5-16-14(2)26-21-24-13-25-29(21)20(16)28-10-8-27(9-11-28)18-6-4-15(22)12-17(18)23/h4,6,12-13H,3,5,7-11H2,1-2H3. The number of carbonyl (C=O) groups excluding carboxylic acids is 1. The lowest BCUT2D eigenvalue weighted by atomic mass is 10.1. The molecule has 0 aliphatic carbocycles. The number of aryl methyl sites for hydroxylation is 1. The Morgan fingerprint density at radius 3 is 2.68 bits per heavy atom. The quantitative estimate of drug-likeness (QED) is 0.538. The van der Waals surface area contributed by atoms with E-state index in [2.05, 4.69) is 20.0 Å². The summed E-state index contributed by atoms with van der Waals surface area (Å²) in [6.45, 7) is 6.65. The first-order chi connectivity index (χ1) is 15.0. The van der Waals surface area contributed by atoms with Gasteiger partial charge in [-0.2, -0.15) is 14.6 Å². The normalized spacial score (nSPS) is 14.3. The van der Waals surface area contributed by atoms with Crippen molar-refractivity contribution in [1.82, 2.24) is 19.6 Å². The number of esters is 1. The minimum atomic E-state index is -0.325. The number of carbonyl (C=O) groups is 1. The number of piperazine rings is 1. The Kier molecular flexibility index (Phi) is 6.22. The summed E-state index contributed by atoms with van der Waals surface area (Å²) in [5, 5.41) is 4.74. The fourth-order valence-corrected chi connectivity index (χ4v) is 4.10. The van der Waals surface area contributed by atoms with Gasteiger partial charge < -0.3 is 14.5 Å². The van der Waals surface area contributed by atoms with Gasteiger partial charge in [-0.25, -0.2) is 9.37 Å². The highest BCUT2D eigenvalue weighted by Gasteiger charge is 2.25. The molecule has 31 heavy (non-hydrogen) atoms. The maximum absolute atomic E-state index is 14.4. The Hall–Kier alpha value is -2.94. The predicted molar refractivity (Wildman–Crippen MR) is 116 cm³/mol. The molecule has 1 aliphatic rings. The summed E-state index contributed by atoms with van der Waals surface area (Å²) in [7, 11) is 0. The molecule has 0 amide bonds. The van der Waals surface area contributed by atoms with Crippen molar-refractivity contribution in [2.75, 3.05) is 42.6 Å². The van der Waals surface area contributed by atoms with Crippen LogP contribution in [0.5, 0.6) is 0 Å². The third-order valence-electron chi connectivity index (χ3n) is 5.42. The number of benzene rings is 1. The topological polar surface area (TPSA) is 75.9 Å². The van der Waals surface area contributed by atoms with Gasteiger partial charge in [0.2, 0.25) is 0 Å². The molecule has 3 heterocycles. The van der Waals surface area contributed by atoms with Crippen LogP contribution in [0.4, 0.5) is 15.9 Å². The smallest absolute Gasteiger partial charge is 0.306 e. The summed E-state index contributed by atoms with van der Waals surface area (Å²) < 4.78 is 21.2. The van der Waals surface area contributed by atoms with Crippen molar-refractivity contribution >= 4 is 34.9 Å². The second-order valence-electron chi connectivity index (χ2n) is 7.35. The number of halogens is 2. The molecule has 1 aromatic carbocycles. The highest BCUT2D eigenvalue weighted by Crippen LogP contribution is 2.28. The lowest BCUT2D eigenvalue weighted by Crippen LogP contribution is -2.48. The van der Waals surface area contributed by atoms with Gasteiger partial charge in [-0.3, -0.25) is 4.79 Å². The third kappa shape index (κ3) is 4.41. The molecular formula is C21H24ClFN6O2. The molecular weight excluding hydrogens is 423 g/mol. The number of anilines is 2. The van der Waals surface area contributed by atoms with E-state index in [4.69, 9.17) is 16.3 Å². The number of aromatic nitrogens is 4. The fraction of sp³-hybridized carbons (Fsp3) is 0.429. The number of hydrogen-bond donors (Lipinski definition) is 0. The van der Waals surface area contributed by atoms with Gasteiger partial charge in [-0.15, -0.1) is 0 Å². The van der Waals surface area contributed by atoms with E-state index in [9.17, 15) is 9.18 Å². The minimum absolute atomic E-state index is 0.241. The van der Waals surface area contributed by atoms with E-state index in [1.54, 1.807) is 23.6 Å². The summed E-state index contributed by atoms with van der Waals surface area (Å²) in [5.74, 6) is 0.822. The molecule has 4 rings (SSSR count). The summed E-state index contributed by atoms with van der Waals surface area (Å²) in [6.07, 6.45) is 2.23. The number of ether oxygens (including phenoxy) is 1.